The summed E-state index contributed by atoms with van der Waals surface area (Å²) < 4.78 is 94.3. The maximum atomic E-state index is 12.2. The topological polar surface area (TPSA) is 46.2 Å². The number of sulfone groups is 1. The Bertz CT molecular complexity index is 547. The van der Waals surface area contributed by atoms with Gasteiger partial charge in [0.15, 0.2) is 0 Å². The average molecular weight is 321 g/mol. The number of nitrogens with one attached hydrogen (secondary N) is 1. The number of halogens is 6. The Morgan fingerprint density at radius 1 is 0.950 bits per heavy atom. The van der Waals surface area contributed by atoms with Gasteiger partial charge in [-0.15, -0.1) is 0 Å². The van der Waals surface area contributed by atoms with Crippen LogP contribution in [0.15, 0.2) is 29.2 Å². The molecule has 0 heterocycles. The van der Waals surface area contributed by atoms with E-state index >= 15 is 0 Å². The first kappa shape index (κ1) is 16.6. The molecule has 20 heavy (non-hydrogen) atoms. The molecular weight excluding hydrogens is 312 g/mol. The zero-order valence-corrected chi connectivity index (χ0v) is 10.5. The number of rotatable bonds is 4. The quantitative estimate of drug-likeness (QED) is 0.865. The van der Waals surface area contributed by atoms with E-state index in [9.17, 15) is 34.8 Å². The van der Waals surface area contributed by atoms with E-state index in [1.807, 2.05) is 0 Å². The van der Waals surface area contributed by atoms with Crippen molar-refractivity contribution in [1.29, 1.82) is 0 Å². The fourth-order valence-electron chi connectivity index (χ4n) is 1.23. The predicted molar refractivity (Wildman–Crippen MR) is 58.8 cm³/mol. The second-order valence-corrected chi connectivity index (χ2v) is 5.71. The van der Waals surface area contributed by atoms with Crippen molar-refractivity contribution >= 4 is 15.5 Å². The summed E-state index contributed by atoms with van der Waals surface area (Å²) in [4.78, 5) is -0.966. The van der Waals surface area contributed by atoms with Gasteiger partial charge < -0.3 is 5.32 Å². The normalized spacial score (nSPS) is 13.3. The lowest BCUT2D eigenvalue weighted by Gasteiger charge is -2.11. The van der Waals surface area contributed by atoms with Crippen LogP contribution in [0.1, 0.15) is 6.42 Å². The zero-order chi connectivity index (χ0) is 15.6. The molecule has 0 radical (unpaired) electrons. The van der Waals surface area contributed by atoms with Crippen molar-refractivity contribution < 1.29 is 34.8 Å². The average Bonchev–Trinajstić information content (AvgIpc) is 2.26. The third-order valence-corrected chi connectivity index (χ3v) is 3.71. The summed E-state index contributed by atoms with van der Waals surface area (Å²) in [6.45, 7) is -0.463. The molecule has 0 fully saturated rings. The number of alkyl halides is 6. The first-order valence-electron chi connectivity index (χ1n) is 5.15. The molecule has 0 atom stereocenters. The van der Waals surface area contributed by atoms with E-state index in [0.717, 1.165) is 12.1 Å². The molecule has 3 nitrogen and oxygen atoms in total. The second kappa shape index (κ2) is 5.51. The SMILES string of the molecule is O=S(=O)(c1ccc(NCCC(F)(F)F)cc1)C(F)(F)F. The van der Waals surface area contributed by atoms with Gasteiger partial charge in [0, 0.05) is 12.2 Å². The minimum atomic E-state index is -5.44. The first-order chi connectivity index (χ1) is 8.93. The van der Waals surface area contributed by atoms with E-state index in [4.69, 9.17) is 0 Å². The Kier molecular flexibility index (Phi) is 4.57. The number of benzene rings is 1. The summed E-state index contributed by atoms with van der Waals surface area (Å²) in [5.41, 5.74) is -5.33. The number of hydrogen-bond acceptors (Lipinski definition) is 3. The second-order valence-electron chi connectivity index (χ2n) is 3.77. The van der Waals surface area contributed by atoms with Gasteiger partial charge in [-0.2, -0.15) is 26.3 Å². The lowest BCUT2D eigenvalue weighted by Crippen LogP contribution is -2.23. The molecule has 0 spiro atoms. The highest BCUT2D eigenvalue weighted by Crippen LogP contribution is 2.30. The van der Waals surface area contributed by atoms with Gasteiger partial charge in [0.1, 0.15) is 0 Å². The maximum absolute atomic E-state index is 12.2. The fourth-order valence-corrected chi connectivity index (χ4v) is 2.00. The molecule has 0 bridgehead atoms. The van der Waals surface area contributed by atoms with Crippen LogP contribution in [-0.2, 0) is 9.84 Å². The highest BCUT2D eigenvalue weighted by Gasteiger charge is 2.46. The Balaban J connectivity index is 2.76. The molecule has 1 aromatic carbocycles. The third-order valence-electron chi connectivity index (χ3n) is 2.21. The molecule has 1 N–H and O–H groups in total. The number of hydrogen-bond donors (Lipinski definition) is 1. The van der Waals surface area contributed by atoms with Crippen LogP contribution in [0.5, 0.6) is 0 Å². The van der Waals surface area contributed by atoms with Crippen LogP contribution in [-0.4, -0.2) is 26.6 Å². The van der Waals surface area contributed by atoms with Gasteiger partial charge in [-0.05, 0) is 24.3 Å². The molecule has 0 amide bonds. The molecular formula is C10H9F6NO2S. The van der Waals surface area contributed by atoms with Crippen LogP contribution >= 0.6 is 0 Å². The Labute approximate surface area is 110 Å². The summed E-state index contributed by atoms with van der Waals surface area (Å²) in [5.74, 6) is 0. The van der Waals surface area contributed by atoms with Crippen LogP contribution in [0.4, 0.5) is 32.0 Å². The van der Waals surface area contributed by atoms with Gasteiger partial charge in [0.05, 0.1) is 11.3 Å². The summed E-state index contributed by atoms with van der Waals surface area (Å²) in [6, 6.07) is 3.29. The lowest BCUT2D eigenvalue weighted by atomic mass is 10.3. The molecule has 10 heteroatoms. The zero-order valence-electron chi connectivity index (χ0n) is 9.72. The van der Waals surface area contributed by atoms with Gasteiger partial charge >= 0.3 is 11.7 Å². The van der Waals surface area contributed by atoms with E-state index in [1.54, 1.807) is 0 Å². The Morgan fingerprint density at radius 2 is 1.45 bits per heavy atom. The molecule has 1 aromatic rings. The Hall–Kier alpha value is -1.45. The fraction of sp³-hybridized carbons (Fsp3) is 0.400. The molecule has 0 saturated heterocycles. The van der Waals surface area contributed by atoms with Gasteiger partial charge in [0.2, 0.25) is 0 Å². The van der Waals surface area contributed by atoms with Gasteiger partial charge in [-0.3, -0.25) is 0 Å². The van der Waals surface area contributed by atoms with Crippen LogP contribution in [0.3, 0.4) is 0 Å². The van der Waals surface area contributed by atoms with Crippen molar-refractivity contribution in [2.45, 2.75) is 23.0 Å². The van der Waals surface area contributed by atoms with Crippen LogP contribution in [0.25, 0.3) is 0 Å². The summed E-state index contributed by atoms with van der Waals surface area (Å²) >= 11 is 0. The molecule has 0 aliphatic rings. The molecule has 0 aliphatic carbocycles. The summed E-state index contributed by atoms with van der Waals surface area (Å²) in [6.07, 6.45) is -5.47. The van der Waals surface area contributed by atoms with E-state index < -0.39 is 39.4 Å². The molecule has 0 unspecified atom stereocenters. The Morgan fingerprint density at radius 3 is 1.85 bits per heavy atom. The molecule has 0 saturated carbocycles. The minimum absolute atomic E-state index is 0.0929. The van der Waals surface area contributed by atoms with E-state index in [2.05, 4.69) is 5.32 Å². The minimum Gasteiger partial charge on any atom is -0.385 e. The highest BCUT2D eigenvalue weighted by molar-refractivity contribution is 7.92. The maximum Gasteiger partial charge on any atom is 0.501 e. The number of anilines is 1. The van der Waals surface area contributed by atoms with E-state index in [1.165, 1.54) is 0 Å². The largest absolute Gasteiger partial charge is 0.501 e. The summed E-state index contributed by atoms with van der Waals surface area (Å²) in [5, 5.41) is 2.32. The molecule has 114 valence electrons. The van der Waals surface area contributed by atoms with E-state index in [0.29, 0.717) is 12.1 Å². The first-order valence-corrected chi connectivity index (χ1v) is 6.64. The van der Waals surface area contributed by atoms with Gasteiger partial charge in [-0.1, -0.05) is 0 Å². The summed E-state index contributed by atoms with van der Waals surface area (Å²) in [7, 11) is -5.44. The van der Waals surface area contributed by atoms with Crippen molar-refractivity contribution in [3.05, 3.63) is 24.3 Å². The smallest absolute Gasteiger partial charge is 0.385 e. The van der Waals surface area contributed by atoms with E-state index in [-0.39, 0.29) is 5.69 Å². The molecule has 1 rings (SSSR count). The predicted octanol–water partition coefficient (Wildman–Crippen LogP) is 3.34. The van der Waals surface area contributed by atoms with Crippen molar-refractivity contribution in [3.63, 3.8) is 0 Å². The molecule has 0 aromatic heterocycles. The van der Waals surface area contributed by atoms with Crippen molar-refractivity contribution in [3.8, 4) is 0 Å². The van der Waals surface area contributed by atoms with Gasteiger partial charge in [-0.25, -0.2) is 8.42 Å². The van der Waals surface area contributed by atoms with Crippen molar-refractivity contribution in [2.75, 3.05) is 11.9 Å². The molecule has 0 aliphatic heterocycles. The lowest BCUT2D eigenvalue weighted by molar-refractivity contribution is -0.131. The monoisotopic (exact) mass is 321 g/mol. The van der Waals surface area contributed by atoms with Crippen LogP contribution < -0.4 is 5.32 Å². The van der Waals surface area contributed by atoms with Crippen molar-refractivity contribution in [1.82, 2.24) is 0 Å². The standard InChI is InChI=1S/C10H9F6NO2S/c11-9(12,13)5-6-17-7-1-3-8(4-2-7)20(18,19)10(14,15)16/h1-4,17H,5-6H2. The van der Waals surface area contributed by atoms with Crippen molar-refractivity contribution in [2.24, 2.45) is 0 Å². The highest BCUT2D eigenvalue weighted by atomic mass is 32.2. The third kappa shape index (κ3) is 4.29. The van der Waals surface area contributed by atoms with Crippen LogP contribution in [0.2, 0.25) is 0 Å². The van der Waals surface area contributed by atoms with Gasteiger partial charge in [0.25, 0.3) is 9.84 Å². The van der Waals surface area contributed by atoms with Crippen LogP contribution in [0, 0.1) is 0 Å².